The summed E-state index contributed by atoms with van der Waals surface area (Å²) in [6, 6.07) is 15.4. The molecule has 1 saturated heterocycles. The molecule has 2 amide bonds. The molecule has 7 nitrogen and oxygen atoms in total. The highest BCUT2D eigenvalue weighted by Crippen LogP contribution is 2.37. The maximum Gasteiger partial charge on any atom is 0.253 e. The molecule has 4 aromatic rings. The van der Waals surface area contributed by atoms with Gasteiger partial charge in [-0.25, -0.2) is 13.8 Å². The molecule has 1 aliphatic heterocycles. The van der Waals surface area contributed by atoms with Crippen molar-refractivity contribution in [2.45, 2.75) is 32.0 Å². The normalized spacial score (nSPS) is 14.4. The SMILES string of the molecule is [B]C(F)(F)c1cc(-c2ccc(C(=O)N3CCC(C)CC3)cc2)cc2cc(CCNC(=O)/C=C/c3ccc(NC)nc3)oc12. The van der Waals surface area contributed by atoms with Crippen molar-refractivity contribution in [3.63, 3.8) is 0 Å². The van der Waals surface area contributed by atoms with E-state index in [9.17, 15) is 18.4 Å². The van der Waals surface area contributed by atoms with Gasteiger partial charge in [0.1, 0.15) is 17.2 Å². The van der Waals surface area contributed by atoms with Crippen LogP contribution in [0, 0.1) is 5.92 Å². The van der Waals surface area contributed by atoms with Gasteiger partial charge in [-0.3, -0.25) is 9.59 Å². The third-order valence-electron chi connectivity index (χ3n) is 7.70. The van der Waals surface area contributed by atoms with Gasteiger partial charge in [0.05, 0.1) is 5.56 Å². The van der Waals surface area contributed by atoms with Crippen molar-refractivity contribution in [2.24, 2.45) is 5.92 Å². The Labute approximate surface area is 250 Å². The Morgan fingerprint density at radius 2 is 1.84 bits per heavy atom. The zero-order valence-corrected chi connectivity index (χ0v) is 24.2. The average molecular weight is 582 g/mol. The Hall–Kier alpha value is -4.47. The van der Waals surface area contributed by atoms with Gasteiger partial charge in [-0.2, -0.15) is 0 Å². The molecule has 3 heterocycles. The molecule has 2 N–H and O–H groups in total. The number of hydrogen-bond acceptors (Lipinski definition) is 5. The summed E-state index contributed by atoms with van der Waals surface area (Å²) >= 11 is 0. The second-order valence-electron chi connectivity index (χ2n) is 10.9. The van der Waals surface area contributed by atoms with Crippen LogP contribution in [-0.2, 0) is 17.0 Å². The topological polar surface area (TPSA) is 87.5 Å². The molecule has 2 aromatic heterocycles. The van der Waals surface area contributed by atoms with Gasteiger partial charge in [0.15, 0.2) is 7.85 Å². The second-order valence-corrected chi connectivity index (χ2v) is 10.9. The largest absolute Gasteiger partial charge is 0.461 e. The number of alkyl halides is 2. The maximum atomic E-state index is 14.5. The number of pyridine rings is 1. The summed E-state index contributed by atoms with van der Waals surface area (Å²) in [5, 5.41) is 6.17. The summed E-state index contributed by atoms with van der Waals surface area (Å²) in [5.41, 5.74) is 2.11. The lowest BCUT2D eigenvalue weighted by Crippen LogP contribution is -2.37. The van der Waals surface area contributed by atoms with Crippen molar-refractivity contribution in [3.8, 4) is 11.1 Å². The van der Waals surface area contributed by atoms with Crippen molar-refractivity contribution in [2.75, 3.05) is 32.0 Å². The molecule has 2 radical (unpaired) electrons. The first-order valence-corrected chi connectivity index (χ1v) is 14.3. The fourth-order valence-corrected chi connectivity index (χ4v) is 5.13. The maximum absolute atomic E-state index is 14.5. The zero-order valence-electron chi connectivity index (χ0n) is 24.2. The van der Waals surface area contributed by atoms with Gasteiger partial charge in [0.2, 0.25) is 11.7 Å². The van der Waals surface area contributed by atoms with E-state index in [-0.39, 0.29) is 23.9 Å². The molecule has 43 heavy (non-hydrogen) atoms. The highest BCUT2D eigenvalue weighted by molar-refractivity contribution is 6.15. The Morgan fingerprint density at radius 1 is 1.09 bits per heavy atom. The molecule has 0 bridgehead atoms. The number of fused-ring (bicyclic) bond motifs is 1. The number of nitrogens with one attached hydrogen (secondary N) is 2. The minimum Gasteiger partial charge on any atom is -0.461 e. The van der Waals surface area contributed by atoms with E-state index in [1.807, 2.05) is 11.0 Å². The fourth-order valence-electron chi connectivity index (χ4n) is 5.13. The lowest BCUT2D eigenvalue weighted by Gasteiger charge is -2.30. The van der Waals surface area contributed by atoms with Crippen molar-refractivity contribution in [1.82, 2.24) is 15.2 Å². The molecular weight excluding hydrogens is 549 g/mol. The number of amides is 2. The Balaban J connectivity index is 1.28. The second kappa shape index (κ2) is 12.8. The molecule has 0 unspecified atom stereocenters. The van der Waals surface area contributed by atoms with Crippen molar-refractivity contribution in [1.29, 1.82) is 0 Å². The number of piperidine rings is 1. The Kier molecular flexibility index (Phi) is 8.94. The van der Waals surface area contributed by atoms with E-state index < -0.39 is 11.4 Å². The smallest absolute Gasteiger partial charge is 0.253 e. The average Bonchev–Trinajstić information content (AvgIpc) is 3.42. The van der Waals surface area contributed by atoms with Gasteiger partial charge in [-0.05, 0) is 84.0 Å². The summed E-state index contributed by atoms with van der Waals surface area (Å²) in [4.78, 5) is 31.2. The summed E-state index contributed by atoms with van der Waals surface area (Å²) in [5.74, 6) is -2.18. The van der Waals surface area contributed by atoms with Gasteiger partial charge in [-0.1, -0.05) is 19.1 Å². The fraction of sp³-hybridized carbons (Fsp3) is 0.303. The van der Waals surface area contributed by atoms with Gasteiger partial charge in [0, 0.05) is 56.3 Å². The highest BCUT2D eigenvalue weighted by atomic mass is 19.3. The van der Waals surface area contributed by atoms with E-state index in [1.165, 1.54) is 12.1 Å². The van der Waals surface area contributed by atoms with Crippen molar-refractivity contribution in [3.05, 3.63) is 89.3 Å². The van der Waals surface area contributed by atoms with Gasteiger partial charge in [0.25, 0.3) is 5.91 Å². The minimum atomic E-state index is -3.63. The number of aromatic nitrogens is 1. The van der Waals surface area contributed by atoms with Gasteiger partial charge in [-0.15, -0.1) is 0 Å². The van der Waals surface area contributed by atoms with E-state index in [0.29, 0.717) is 40.2 Å². The molecule has 220 valence electrons. The first-order chi connectivity index (χ1) is 20.6. The minimum absolute atomic E-state index is 0.00103. The third-order valence-corrected chi connectivity index (χ3v) is 7.70. The number of hydrogen-bond donors (Lipinski definition) is 2. The van der Waals surface area contributed by atoms with Crippen LogP contribution in [0.4, 0.5) is 14.6 Å². The highest BCUT2D eigenvalue weighted by Gasteiger charge is 2.29. The van der Waals surface area contributed by atoms with Crippen LogP contribution < -0.4 is 10.6 Å². The van der Waals surface area contributed by atoms with E-state index in [0.717, 1.165) is 37.3 Å². The molecule has 5 rings (SSSR count). The molecule has 1 fully saturated rings. The van der Waals surface area contributed by atoms with E-state index in [1.54, 1.807) is 61.8 Å². The molecule has 0 spiro atoms. The van der Waals surface area contributed by atoms with Crippen LogP contribution in [0.1, 0.15) is 47.0 Å². The number of rotatable bonds is 9. The van der Waals surface area contributed by atoms with Crippen LogP contribution in [0.2, 0.25) is 0 Å². The molecule has 1 aliphatic rings. The molecule has 2 aromatic carbocycles. The number of benzene rings is 2. The number of furan rings is 1. The number of carbonyl (C=O) groups is 2. The van der Waals surface area contributed by atoms with Crippen molar-refractivity contribution < 1.29 is 22.8 Å². The zero-order chi connectivity index (χ0) is 30.6. The molecule has 0 aliphatic carbocycles. The van der Waals surface area contributed by atoms with E-state index >= 15 is 0 Å². The van der Waals surface area contributed by atoms with Gasteiger partial charge < -0.3 is 20.0 Å². The molecule has 0 atom stereocenters. The number of halogens is 2. The van der Waals surface area contributed by atoms with Crippen LogP contribution in [0.25, 0.3) is 28.2 Å². The Morgan fingerprint density at radius 3 is 2.49 bits per heavy atom. The lowest BCUT2D eigenvalue weighted by atomic mass is 9.87. The van der Waals surface area contributed by atoms with Crippen LogP contribution in [0.3, 0.4) is 0 Å². The predicted octanol–water partition coefficient (Wildman–Crippen LogP) is 6.00. The standard InChI is InChI=1S/C33H33BF2N4O3/c1-21-12-15-40(16-13-21)32(42)24-7-5-23(6-8-24)25-17-26-18-27(43-31(26)28(19-25)33(34,35)36)11-14-38-30(41)10-4-22-3-9-29(37-2)39-20-22/h3-10,17-21H,11-16H2,1-2H3,(H,37,39)(H,38,41)/b10-4+. The summed E-state index contributed by atoms with van der Waals surface area (Å²) in [6.07, 6.45) is 6.97. The number of likely N-dealkylation sites (tertiary alicyclic amines) is 1. The third kappa shape index (κ3) is 7.31. The quantitative estimate of drug-likeness (QED) is 0.187. The van der Waals surface area contributed by atoms with Crippen LogP contribution in [-0.4, -0.2) is 56.2 Å². The lowest BCUT2D eigenvalue weighted by molar-refractivity contribution is -0.116. The van der Waals surface area contributed by atoms with Crippen LogP contribution >= 0.6 is 0 Å². The summed E-state index contributed by atoms with van der Waals surface area (Å²) in [6.45, 7) is 3.91. The number of carbonyl (C=O) groups excluding carboxylic acids is 2. The van der Waals surface area contributed by atoms with E-state index in [2.05, 4.69) is 22.5 Å². The summed E-state index contributed by atoms with van der Waals surface area (Å²) < 4.78 is 34.8. The van der Waals surface area contributed by atoms with E-state index in [4.69, 9.17) is 12.3 Å². The number of nitrogens with zero attached hydrogens (tertiary/aromatic N) is 2. The first-order valence-electron chi connectivity index (χ1n) is 14.3. The molecular formula is C33H33BF2N4O3. The van der Waals surface area contributed by atoms with Crippen LogP contribution in [0.15, 0.2) is 71.3 Å². The first kappa shape index (κ1) is 30.0. The number of anilines is 1. The molecule has 10 heteroatoms. The monoisotopic (exact) mass is 582 g/mol. The Bertz CT molecular complexity index is 1620. The molecule has 0 saturated carbocycles. The van der Waals surface area contributed by atoms with Gasteiger partial charge >= 0.3 is 0 Å². The predicted molar refractivity (Wildman–Crippen MR) is 165 cm³/mol. The van der Waals surface area contributed by atoms with Crippen molar-refractivity contribution >= 4 is 42.5 Å². The van der Waals surface area contributed by atoms with Crippen LogP contribution in [0.5, 0.6) is 0 Å². The summed E-state index contributed by atoms with van der Waals surface area (Å²) in [7, 11) is 7.03.